The van der Waals surface area contributed by atoms with Crippen molar-refractivity contribution in [2.45, 2.75) is 25.0 Å². The van der Waals surface area contributed by atoms with Gasteiger partial charge in [0.15, 0.2) is 0 Å². The zero-order chi connectivity index (χ0) is 15.3. The number of nitrogens with one attached hydrogen (secondary N) is 1. The van der Waals surface area contributed by atoms with Gasteiger partial charge in [0.2, 0.25) is 5.91 Å². The molecular formula is C16H24N2O2S. The van der Waals surface area contributed by atoms with Crippen LogP contribution in [-0.4, -0.2) is 53.2 Å². The minimum atomic E-state index is -0.744. The van der Waals surface area contributed by atoms with E-state index >= 15 is 0 Å². The van der Waals surface area contributed by atoms with E-state index < -0.39 is 5.60 Å². The predicted molar refractivity (Wildman–Crippen MR) is 87.4 cm³/mol. The summed E-state index contributed by atoms with van der Waals surface area (Å²) in [6, 6.07) is 9.46. The predicted octanol–water partition coefficient (Wildman–Crippen LogP) is 1.66. The maximum absolute atomic E-state index is 12.6. The van der Waals surface area contributed by atoms with Crippen LogP contribution in [0.15, 0.2) is 30.3 Å². The molecular weight excluding hydrogens is 284 g/mol. The van der Waals surface area contributed by atoms with Crippen LogP contribution in [0.25, 0.3) is 0 Å². The number of benzene rings is 1. The smallest absolute Gasteiger partial charge is 0.242 e. The van der Waals surface area contributed by atoms with E-state index in [9.17, 15) is 9.90 Å². The zero-order valence-corrected chi connectivity index (χ0v) is 13.5. The number of aliphatic hydroxyl groups is 1. The number of likely N-dealkylation sites (N-methyl/N-ethyl adjacent to an activating group) is 1. The highest BCUT2D eigenvalue weighted by Gasteiger charge is 2.33. The van der Waals surface area contributed by atoms with E-state index in [4.69, 9.17) is 0 Å². The fraction of sp³-hybridized carbons (Fsp3) is 0.562. The van der Waals surface area contributed by atoms with Gasteiger partial charge in [0, 0.05) is 12.3 Å². The van der Waals surface area contributed by atoms with Crippen molar-refractivity contribution in [3.63, 3.8) is 0 Å². The molecule has 2 atom stereocenters. The SMILES string of the molecule is CCN(C)C(C(=O)NCC1(O)CCSC1)c1ccccc1. The molecule has 1 aliphatic heterocycles. The third-order valence-electron chi connectivity index (χ3n) is 3.98. The molecule has 0 radical (unpaired) electrons. The van der Waals surface area contributed by atoms with Gasteiger partial charge in [-0.1, -0.05) is 37.3 Å². The lowest BCUT2D eigenvalue weighted by atomic mass is 10.0. The Morgan fingerprint density at radius 2 is 2.19 bits per heavy atom. The summed E-state index contributed by atoms with van der Waals surface area (Å²) in [6.07, 6.45) is 0.748. The second kappa shape index (κ2) is 7.29. The molecule has 0 saturated carbocycles. The third-order valence-corrected chi connectivity index (χ3v) is 5.21. The Hall–Kier alpha value is -1.04. The summed E-state index contributed by atoms with van der Waals surface area (Å²) in [5.74, 6) is 1.62. The Bertz CT molecular complexity index is 461. The Balaban J connectivity index is 2.04. The molecule has 2 rings (SSSR count). The summed E-state index contributed by atoms with van der Waals surface area (Å²) in [4.78, 5) is 14.6. The Morgan fingerprint density at radius 3 is 2.76 bits per heavy atom. The topological polar surface area (TPSA) is 52.6 Å². The Kier molecular flexibility index (Phi) is 5.67. The second-order valence-electron chi connectivity index (χ2n) is 5.63. The summed E-state index contributed by atoms with van der Waals surface area (Å²) in [5.41, 5.74) is 0.235. The quantitative estimate of drug-likeness (QED) is 0.839. The first-order chi connectivity index (χ1) is 10.1. The Labute approximate surface area is 130 Å². The van der Waals surface area contributed by atoms with Crippen LogP contribution >= 0.6 is 11.8 Å². The minimum absolute atomic E-state index is 0.0455. The number of hydrogen-bond acceptors (Lipinski definition) is 4. The van der Waals surface area contributed by atoms with Gasteiger partial charge in [-0.05, 0) is 31.3 Å². The van der Waals surface area contributed by atoms with Crippen molar-refractivity contribution >= 4 is 17.7 Å². The molecule has 1 heterocycles. The molecule has 1 aliphatic rings. The molecule has 2 unspecified atom stereocenters. The van der Waals surface area contributed by atoms with Gasteiger partial charge in [0.1, 0.15) is 6.04 Å². The number of thioether (sulfide) groups is 1. The molecule has 0 aliphatic carbocycles. The first kappa shape index (κ1) is 16.3. The van der Waals surface area contributed by atoms with Crippen molar-refractivity contribution in [1.29, 1.82) is 0 Å². The molecule has 1 saturated heterocycles. The van der Waals surface area contributed by atoms with E-state index in [2.05, 4.69) is 5.32 Å². The maximum atomic E-state index is 12.6. The molecule has 1 fully saturated rings. The highest BCUT2D eigenvalue weighted by molar-refractivity contribution is 7.99. The van der Waals surface area contributed by atoms with E-state index in [0.29, 0.717) is 12.3 Å². The largest absolute Gasteiger partial charge is 0.387 e. The summed E-state index contributed by atoms with van der Waals surface area (Å²) in [6.45, 7) is 3.15. The van der Waals surface area contributed by atoms with Crippen LogP contribution in [0.2, 0.25) is 0 Å². The fourth-order valence-corrected chi connectivity index (χ4v) is 3.80. The van der Waals surface area contributed by atoms with Crippen molar-refractivity contribution in [2.75, 3.05) is 31.6 Å². The molecule has 4 nitrogen and oxygen atoms in total. The average Bonchev–Trinajstić information content (AvgIpc) is 2.93. The first-order valence-corrected chi connectivity index (χ1v) is 8.54. The van der Waals surface area contributed by atoms with Crippen LogP contribution < -0.4 is 5.32 Å². The molecule has 1 aromatic rings. The fourth-order valence-electron chi connectivity index (χ4n) is 2.51. The van der Waals surface area contributed by atoms with E-state index in [0.717, 1.165) is 24.3 Å². The van der Waals surface area contributed by atoms with Gasteiger partial charge >= 0.3 is 0 Å². The zero-order valence-electron chi connectivity index (χ0n) is 12.7. The lowest BCUT2D eigenvalue weighted by molar-refractivity contribution is -0.127. The van der Waals surface area contributed by atoms with E-state index in [1.165, 1.54) is 0 Å². The highest BCUT2D eigenvalue weighted by Crippen LogP contribution is 2.27. The third kappa shape index (κ3) is 4.22. The lowest BCUT2D eigenvalue weighted by Crippen LogP contribution is -2.46. The van der Waals surface area contributed by atoms with Crippen LogP contribution in [0.1, 0.15) is 24.9 Å². The van der Waals surface area contributed by atoms with Crippen molar-refractivity contribution in [3.8, 4) is 0 Å². The second-order valence-corrected chi connectivity index (χ2v) is 6.74. The van der Waals surface area contributed by atoms with Crippen LogP contribution in [0, 0.1) is 0 Å². The molecule has 21 heavy (non-hydrogen) atoms. The van der Waals surface area contributed by atoms with Gasteiger partial charge in [0.25, 0.3) is 0 Å². The maximum Gasteiger partial charge on any atom is 0.242 e. The van der Waals surface area contributed by atoms with E-state index in [-0.39, 0.29) is 11.9 Å². The molecule has 1 aromatic carbocycles. The molecule has 0 spiro atoms. The van der Waals surface area contributed by atoms with Gasteiger partial charge < -0.3 is 10.4 Å². The van der Waals surface area contributed by atoms with Crippen LogP contribution in [-0.2, 0) is 4.79 Å². The number of carbonyl (C=O) groups excluding carboxylic acids is 1. The summed E-state index contributed by atoms with van der Waals surface area (Å²) in [5, 5.41) is 13.3. The molecule has 0 bridgehead atoms. The summed E-state index contributed by atoms with van der Waals surface area (Å²) in [7, 11) is 1.94. The number of rotatable bonds is 6. The van der Waals surface area contributed by atoms with Crippen molar-refractivity contribution in [3.05, 3.63) is 35.9 Å². The number of hydrogen-bond donors (Lipinski definition) is 2. The lowest BCUT2D eigenvalue weighted by Gasteiger charge is -2.28. The van der Waals surface area contributed by atoms with E-state index in [1.54, 1.807) is 11.8 Å². The van der Waals surface area contributed by atoms with Gasteiger partial charge in [-0.2, -0.15) is 11.8 Å². The normalized spacial score (nSPS) is 23.2. The standard InChI is InChI=1S/C16H24N2O2S/c1-3-18(2)14(13-7-5-4-6-8-13)15(19)17-11-16(20)9-10-21-12-16/h4-8,14,20H,3,9-12H2,1-2H3,(H,17,19). The van der Waals surface area contributed by atoms with Gasteiger partial charge in [-0.3, -0.25) is 9.69 Å². The Morgan fingerprint density at radius 1 is 1.48 bits per heavy atom. The van der Waals surface area contributed by atoms with Gasteiger partial charge in [0.05, 0.1) is 5.60 Å². The van der Waals surface area contributed by atoms with Crippen LogP contribution in [0.3, 0.4) is 0 Å². The molecule has 1 amide bonds. The minimum Gasteiger partial charge on any atom is -0.387 e. The molecule has 0 aromatic heterocycles. The number of nitrogens with zero attached hydrogens (tertiary/aromatic N) is 1. The monoisotopic (exact) mass is 308 g/mol. The molecule has 5 heteroatoms. The van der Waals surface area contributed by atoms with Crippen LogP contribution in [0.5, 0.6) is 0 Å². The highest BCUT2D eigenvalue weighted by atomic mass is 32.2. The summed E-state index contributed by atoms with van der Waals surface area (Å²) < 4.78 is 0. The van der Waals surface area contributed by atoms with Crippen molar-refractivity contribution in [1.82, 2.24) is 10.2 Å². The van der Waals surface area contributed by atoms with Gasteiger partial charge in [-0.15, -0.1) is 0 Å². The summed E-state index contributed by atoms with van der Waals surface area (Å²) >= 11 is 1.74. The van der Waals surface area contributed by atoms with Crippen molar-refractivity contribution < 1.29 is 9.90 Å². The van der Waals surface area contributed by atoms with Gasteiger partial charge in [-0.25, -0.2) is 0 Å². The number of carbonyl (C=O) groups is 1. The number of amides is 1. The first-order valence-electron chi connectivity index (χ1n) is 7.39. The van der Waals surface area contributed by atoms with E-state index in [1.807, 2.05) is 49.2 Å². The molecule has 116 valence electrons. The average molecular weight is 308 g/mol. The van der Waals surface area contributed by atoms with Crippen molar-refractivity contribution in [2.24, 2.45) is 0 Å². The van der Waals surface area contributed by atoms with Crippen LogP contribution in [0.4, 0.5) is 0 Å². The molecule has 2 N–H and O–H groups in total.